The number of nitrogens with zero attached hydrogens (tertiary/aromatic N) is 2. The molecule has 13 heavy (non-hydrogen) atoms. The molecule has 1 atom stereocenters. The SMILES string of the molecule is CC(NCc1nccn1C)C(=O)O. The van der Waals surface area contributed by atoms with Crippen LogP contribution in [-0.2, 0) is 18.4 Å². The fourth-order valence-electron chi connectivity index (χ4n) is 0.899. The molecule has 0 aliphatic carbocycles. The van der Waals surface area contributed by atoms with Crippen molar-refractivity contribution >= 4 is 5.97 Å². The summed E-state index contributed by atoms with van der Waals surface area (Å²) in [7, 11) is 1.87. The summed E-state index contributed by atoms with van der Waals surface area (Å²) in [5.74, 6) is -0.0256. The van der Waals surface area contributed by atoms with Crippen molar-refractivity contribution in [1.82, 2.24) is 14.9 Å². The third-order valence-corrected chi connectivity index (χ3v) is 1.86. The number of imidazole rings is 1. The van der Waals surface area contributed by atoms with Gasteiger partial charge in [0.2, 0.25) is 0 Å². The molecule has 0 bridgehead atoms. The average Bonchev–Trinajstić information content (AvgIpc) is 2.47. The van der Waals surface area contributed by atoms with Crippen molar-refractivity contribution < 1.29 is 9.90 Å². The molecule has 0 aliphatic rings. The number of carbonyl (C=O) groups is 1. The van der Waals surface area contributed by atoms with Crippen LogP contribution in [0.15, 0.2) is 12.4 Å². The standard InChI is InChI=1S/C8H13N3O2/c1-6(8(12)13)10-5-7-9-3-4-11(7)2/h3-4,6,10H,5H2,1-2H3,(H,12,13). The third kappa shape index (κ3) is 2.55. The Kier molecular flexibility index (Phi) is 3.02. The monoisotopic (exact) mass is 183 g/mol. The van der Waals surface area contributed by atoms with Gasteiger partial charge in [-0.2, -0.15) is 0 Å². The van der Waals surface area contributed by atoms with E-state index in [1.807, 2.05) is 17.8 Å². The van der Waals surface area contributed by atoms with Gasteiger partial charge >= 0.3 is 5.97 Å². The van der Waals surface area contributed by atoms with Gasteiger partial charge < -0.3 is 9.67 Å². The molecule has 1 heterocycles. The van der Waals surface area contributed by atoms with Crippen LogP contribution in [0.2, 0.25) is 0 Å². The van der Waals surface area contributed by atoms with Crippen molar-refractivity contribution in [2.75, 3.05) is 0 Å². The number of nitrogens with one attached hydrogen (secondary N) is 1. The van der Waals surface area contributed by atoms with E-state index in [0.717, 1.165) is 5.82 Å². The summed E-state index contributed by atoms with van der Waals surface area (Å²) in [5, 5.41) is 11.4. The largest absolute Gasteiger partial charge is 0.480 e. The molecule has 0 saturated heterocycles. The number of aryl methyl sites for hydroxylation is 1. The summed E-state index contributed by atoms with van der Waals surface area (Å²) in [6, 6.07) is -0.545. The second kappa shape index (κ2) is 4.04. The molecule has 1 unspecified atom stereocenters. The van der Waals surface area contributed by atoms with Gasteiger partial charge in [-0.1, -0.05) is 0 Å². The second-order valence-electron chi connectivity index (χ2n) is 2.90. The van der Waals surface area contributed by atoms with Crippen LogP contribution in [0.4, 0.5) is 0 Å². The van der Waals surface area contributed by atoms with Gasteiger partial charge in [0.25, 0.3) is 0 Å². The van der Waals surface area contributed by atoms with Crippen LogP contribution < -0.4 is 5.32 Å². The van der Waals surface area contributed by atoms with Gasteiger partial charge in [-0.3, -0.25) is 10.1 Å². The van der Waals surface area contributed by atoms with Crippen molar-refractivity contribution in [2.24, 2.45) is 7.05 Å². The zero-order valence-corrected chi connectivity index (χ0v) is 7.69. The van der Waals surface area contributed by atoms with Gasteiger partial charge in [0, 0.05) is 19.4 Å². The lowest BCUT2D eigenvalue weighted by Gasteiger charge is -2.08. The Hall–Kier alpha value is -1.36. The maximum absolute atomic E-state index is 10.5. The molecule has 0 saturated carbocycles. The van der Waals surface area contributed by atoms with Crippen LogP contribution in [0.25, 0.3) is 0 Å². The van der Waals surface area contributed by atoms with Crippen molar-refractivity contribution in [2.45, 2.75) is 19.5 Å². The Morgan fingerprint density at radius 3 is 3.00 bits per heavy atom. The molecule has 0 aromatic carbocycles. The van der Waals surface area contributed by atoms with Gasteiger partial charge in [0.15, 0.2) is 0 Å². The maximum atomic E-state index is 10.5. The summed E-state index contributed by atoms with van der Waals surface area (Å²) in [6.07, 6.45) is 3.50. The van der Waals surface area contributed by atoms with Gasteiger partial charge in [0.05, 0.1) is 6.54 Å². The van der Waals surface area contributed by atoms with E-state index in [2.05, 4.69) is 10.3 Å². The lowest BCUT2D eigenvalue weighted by molar-refractivity contribution is -0.139. The van der Waals surface area contributed by atoms with E-state index in [4.69, 9.17) is 5.11 Å². The van der Waals surface area contributed by atoms with E-state index in [-0.39, 0.29) is 0 Å². The third-order valence-electron chi connectivity index (χ3n) is 1.86. The van der Waals surface area contributed by atoms with E-state index >= 15 is 0 Å². The summed E-state index contributed by atoms with van der Waals surface area (Å²) in [4.78, 5) is 14.5. The molecule has 0 fully saturated rings. The molecule has 2 N–H and O–H groups in total. The molecule has 1 rings (SSSR count). The number of carboxylic acids is 1. The van der Waals surface area contributed by atoms with E-state index in [1.165, 1.54) is 0 Å². The van der Waals surface area contributed by atoms with Crippen LogP contribution in [0.1, 0.15) is 12.7 Å². The fourth-order valence-corrected chi connectivity index (χ4v) is 0.899. The first-order valence-corrected chi connectivity index (χ1v) is 4.03. The Morgan fingerprint density at radius 1 is 1.85 bits per heavy atom. The Morgan fingerprint density at radius 2 is 2.54 bits per heavy atom. The minimum absolute atomic E-state index is 0.469. The quantitative estimate of drug-likeness (QED) is 0.688. The van der Waals surface area contributed by atoms with E-state index in [1.54, 1.807) is 13.1 Å². The predicted octanol–water partition coefficient (Wildman–Crippen LogP) is -0.0172. The van der Waals surface area contributed by atoms with Gasteiger partial charge in [-0.25, -0.2) is 4.98 Å². The highest BCUT2D eigenvalue weighted by Crippen LogP contribution is 1.94. The van der Waals surface area contributed by atoms with Crippen LogP contribution >= 0.6 is 0 Å². The second-order valence-corrected chi connectivity index (χ2v) is 2.90. The zero-order valence-electron chi connectivity index (χ0n) is 7.69. The topological polar surface area (TPSA) is 67.2 Å². The molecule has 0 spiro atoms. The van der Waals surface area contributed by atoms with E-state index < -0.39 is 12.0 Å². The van der Waals surface area contributed by atoms with Crippen LogP contribution in [0.5, 0.6) is 0 Å². The Balaban J connectivity index is 2.44. The van der Waals surface area contributed by atoms with Gasteiger partial charge in [-0.05, 0) is 6.92 Å². The minimum Gasteiger partial charge on any atom is -0.480 e. The normalized spacial score (nSPS) is 12.8. The smallest absolute Gasteiger partial charge is 0.320 e. The highest BCUT2D eigenvalue weighted by Gasteiger charge is 2.10. The number of hydrogen-bond donors (Lipinski definition) is 2. The summed E-state index contributed by atoms with van der Waals surface area (Å²) in [6.45, 7) is 2.07. The molecule has 5 nitrogen and oxygen atoms in total. The fraction of sp³-hybridized carbons (Fsp3) is 0.500. The number of rotatable bonds is 4. The number of carboxylic acid groups (broad SMARTS) is 1. The molecular weight excluding hydrogens is 170 g/mol. The van der Waals surface area contributed by atoms with Gasteiger partial charge in [0.1, 0.15) is 11.9 Å². The lowest BCUT2D eigenvalue weighted by atomic mass is 10.3. The van der Waals surface area contributed by atoms with Crippen LogP contribution in [-0.4, -0.2) is 26.7 Å². The lowest BCUT2D eigenvalue weighted by Crippen LogP contribution is -2.33. The van der Waals surface area contributed by atoms with Crippen molar-refractivity contribution in [3.8, 4) is 0 Å². The molecule has 1 aromatic heterocycles. The highest BCUT2D eigenvalue weighted by atomic mass is 16.4. The summed E-state index contributed by atoms with van der Waals surface area (Å²) in [5.41, 5.74) is 0. The van der Waals surface area contributed by atoms with E-state index in [9.17, 15) is 4.79 Å². The van der Waals surface area contributed by atoms with Crippen LogP contribution in [0.3, 0.4) is 0 Å². The predicted molar refractivity (Wildman–Crippen MR) is 47.1 cm³/mol. The van der Waals surface area contributed by atoms with Crippen LogP contribution in [0, 0.1) is 0 Å². The first-order chi connectivity index (χ1) is 6.11. The number of aliphatic carboxylic acids is 1. The molecule has 72 valence electrons. The Bertz CT molecular complexity index is 295. The molecular formula is C8H13N3O2. The van der Waals surface area contributed by atoms with Crippen molar-refractivity contribution in [3.63, 3.8) is 0 Å². The number of aromatic nitrogens is 2. The minimum atomic E-state index is -0.853. The number of hydrogen-bond acceptors (Lipinski definition) is 3. The zero-order chi connectivity index (χ0) is 9.84. The Labute approximate surface area is 76.4 Å². The maximum Gasteiger partial charge on any atom is 0.320 e. The first kappa shape index (κ1) is 9.73. The molecule has 5 heteroatoms. The van der Waals surface area contributed by atoms with Gasteiger partial charge in [-0.15, -0.1) is 0 Å². The molecule has 0 aliphatic heterocycles. The molecule has 1 aromatic rings. The van der Waals surface area contributed by atoms with Crippen molar-refractivity contribution in [3.05, 3.63) is 18.2 Å². The average molecular weight is 183 g/mol. The van der Waals surface area contributed by atoms with E-state index in [0.29, 0.717) is 6.54 Å². The highest BCUT2D eigenvalue weighted by molar-refractivity contribution is 5.72. The van der Waals surface area contributed by atoms with Crippen molar-refractivity contribution in [1.29, 1.82) is 0 Å². The summed E-state index contributed by atoms with van der Waals surface area (Å²) < 4.78 is 1.85. The first-order valence-electron chi connectivity index (χ1n) is 4.03. The summed E-state index contributed by atoms with van der Waals surface area (Å²) >= 11 is 0. The molecule has 0 amide bonds. The molecule has 0 radical (unpaired) electrons.